The van der Waals surface area contributed by atoms with Crippen molar-refractivity contribution in [2.45, 2.75) is 25.8 Å². The Morgan fingerprint density at radius 1 is 1.46 bits per heavy atom. The molecule has 0 aliphatic carbocycles. The SMILES string of the molecule is Cc1cc(=O)[nH]c(N2CCC(NC(=O)/C=C/c3ccco3)CC2)n1. The van der Waals surface area contributed by atoms with Gasteiger partial charge in [-0.2, -0.15) is 0 Å². The molecule has 3 heterocycles. The quantitative estimate of drug-likeness (QED) is 0.829. The van der Waals surface area contributed by atoms with Crippen LogP contribution in [-0.2, 0) is 4.79 Å². The number of nitrogens with one attached hydrogen (secondary N) is 2. The number of rotatable bonds is 4. The number of aromatic nitrogens is 2. The average Bonchev–Trinajstić information content (AvgIpc) is 3.06. The molecule has 3 rings (SSSR count). The van der Waals surface area contributed by atoms with Crippen molar-refractivity contribution in [2.24, 2.45) is 0 Å². The van der Waals surface area contributed by atoms with Gasteiger partial charge in [-0.1, -0.05) is 0 Å². The van der Waals surface area contributed by atoms with E-state index in [4.69, 9.17) is 4.42 Å². The Morgan fingerprint density at radius 2 is 2.25 bits per heavy atom. The van der Waals surface area contributed by atoms with Crippen LogP contribution >= 0.6 is 0 Å². The number of hydrogen-bond donors (Lipinski definition) is 2. The fourth-order valence-corrected chi connectivity index (χ4v) is 2.74. The number of aromatic amines is 1. The first-order valence-electron chi connectivity index (χ1n) is 7.95. The van der Waals surface area contributed by atoms with E-state index >= 15 is 0 Å². The first kappa shape index (κ1) is 16.0. The van der Waals surface area contributed by atoms with Crippen LogP contribution in [0.2, 0.25) is 0 Å². The number of nitrogens with zero attached hydrogens (tertiary/aromatic N) is 2. The van der Waals surface area contributed by atoms with E-state index in [9.17, 15) is 9.59 Å². The topological polar surface area (TPSA) is 91.2 Å². The summed E-state index contributed by atoms with van der Waals surface area (Å²) in [5.41, 5.74) is 0.559. The van der Waals surface area contributed by atoms with Gasteiger partial charge >= 0.3 is 0 Å². The number of piperidine rings is 1. The van der Waals surface area contributed by atoms with E-state index in [2.05, 4.69) is 15.3 Å². The first-order chi connectivity index (χ1) is 11.6. The van der Waals surface area contributed by atoms with Crippen LogP contribution in [0.3, 0.4) is 0 Å². The minimum atomic E-state index is -0.143. The lowest BCUT2D eigenvalue weighted by molar-refractivity contribution is -0.117. The van der Waals surface area contributed by atoms with Crippen LogP contribution in [0.25, 0.3) is 6.08 Å². The molecule has 1 amide bonds. The molecule has 126 valence electrons. The van der Waals surface area contributed by atoms with Crippen molar-refractivity contribution >= 4 is 17.9 Å². The maximum atomic E-state index is 11.9. The molecule has 7 nitrogen and oxygen atoms in total. The first-order valence-corrected chi connectivity index (χ1v) is 7.95. The van der Waals surface area contributed by atoms with E-state index in [1.807, 2.05) is 4.90 Å². The van der Waals surface area contributed by atoms with Crippen molar-refractivity contribution < 1.29 is 9.21 Å². The summed E-state index contributed by atoms with van der Waals surface area (Å²) in [6.07, 6.45) is 6.30. The zero-order valence-electron chi connectivity index (χ0n) is 13.5. The number of anilines is 1. The number of H-pyrrole nitrogens is 1. The molecular formula is C17H20N4O3. The molecule has 0 aromatic carbocycles. The van der Waals surface area contributed by atoms with E-state index in [0.717, 1.165) is 25.9 Å². The molecule has 2 aromatic rings. The lowest BCUT2D eigenvalue weighted by Gasteiger charge is -2.32. The second-order valence-electron chi connectivity index (χ2n) is 5.83. The lowest BCUT2D eigenvalue weighted by atomic mass is 10.1. The van der Waals surface area contributed by atoms with Gasteiger partial charge in [0.1, 0.15) is 5.76 Å². The van der Waals surface area contributed by atoms with Gasteiger partial charge in [0, 0.05) is 37.0 Å². The number of carbonyl (C=O) groups excluding carboxylic acids is 1. The summed E-state index contributed by atoms with van der Waals surface area (Å²) in [5.74, 6) is 1.11. The molecule has 7 heteroatoms. The van der Waals surface area contributed by atoms with Gasteiger partial charge in [0.15, 0.2) is 0 Å². The molecule has 1 aliphatic heterocycles. The van der Waals surface area contributed by atoms with Gasteiger partial charge in [-0.3, -0.25) is 14.6 Å². The molecule has 2 N–H and O–H groups in total. The van der Waals surface area contributed by atoms with E-state index in [1.165, 1.54) is 12.1 Å². The summed E-state index contributed by atoms with van der Waals surface area (Å²) in [7, 11) is 0. The average molecular weight is 328 g/mol. The van der Waals surface area contributed by atoms with Gasteiger partial charge in [0.2, 0.25) is 11.9 Å². The monoisotopic (exact) mass is 328 g/mol. The number of aryl methyl sites for hydroxylation is 1. The van der Waals surface area contributed by atoms with Crippen LogP contribution in [0.1, 0.15) is 24.3 Å². The van der Waals surface area contributed by atoms with Crippen LogP contribution in [0, 0.1) is 6.92 Å². The van der Waals surface area contributed by atoms with Crippen molar-refractivity contribution in [1.29, 1.82) is 0 Å². The van der Waals surface area contributed by atoms with Crippen molar-refractivity contribution in [2.75, 3.05) is 18.0 Å². The molecule has 1 fully saturated rings. The predicted molar refractivity (Wildman–Crippen MR) is 90.7 cm³/mol. The van der Waals surface area contributed by atoms with E-state index in [1.54, 1.807) is 31.4 Å². The van der Waals surface area contributed by atoms with Gasteiger partial charge < -0.3 is 14.6 Å². The van der Waals surface area contributed by atoms with E-state index in [-0.39, 0.29) is 17.5 Å². The molecule has 0 saturated carbocycles. The summed E-state index contributed by atoms with van der Waals surface area (Å²) < 4.78 is 5.15. The minimum absolute atomic E-state index is 0.117. The fourth-order valence-electron chi connectivity index (χ4n) is 2.74. The Bertz CT molecular complexity index is 771. The van der Waals surface area contributed by atoms with Gasteiger partial charge in [0.05, 0.1) is 6.26 Å². The standard InChI is InChI=1S/C17H20N4O3/c1-12-11-16(23)20-17(18-12)21-8-6-13(7-9-21)19-15(22)5-4-14-3-2-10-24-14/h2-5,10-11,13H,6-9H2,1H3,(H,19,22)(H,18,20,23)/b5-4+. The maximum absolute atomic E-state index is 11.9. The van der Waals surface area contributed by atoms with Crippen molar-refractivity contribution in [3.8, 4) is 0 Å². The van der Waals surface area contributed by atoms with Crippen LogP contribution in [-0.4, -0.2) is 35.0 Å². The van der Waals surface area contributed by atoms with Crippen LogP contribution in [0.15, 0.2) is 39.7 Å². The molecule has 1 aliphatic rings. The van der Waals surface area contributed by atoms with Crippen LogP contribution < -0.4 is 15.8 Å². The van der Waals surface area contributed by atoms with Gasteiger partial charge in [-0.25, -0.2) is 4.98 Å². The Hall–Kier alpha value is -2.83. The van der Waals surface area contributed by atoms with Gasteiger partial charge in [0.25, 0.3) is 5.56 Å². The molecule has 0 unspecified atom stereocenters. The zero-order chi connectivity index (χ0) is 16.9. The third-order valence-electron chi connectivity index (χ3n) is 3.94. The third-order valence-corrected chi connectivity index (χ3v) is 3.94. The number of amides is 1. The highest BCUT2D eigenvalue weighted by Gasteiger charge is 2.21. The molecule has 0 spiro atoms. The maximum Gasteiger partial charge on any atom is 0.252 e. The lowest BCUT2D eigenvalue weighted by Crippen LogP contribution is -2.45. The summed E-state index contributed by atoms with van der Waals surface area (Å²) in [6.45, 7) is 3.27. The summed E-state index contributed by atoms with van der Waals surface area (Å²) in [6, 6.07) is 5.16. The highest BCUT2D eigenvalue weighted by atomic mass is 16.3. The van der Waals surface area contributed by atoms with Crippen LogP contribution in [0.4, 0.5) is 5.95 Å². The fraction of sp³-hybridized carbons (Fsp3) is 0.353. The second kappa shape index (κ2) is 7.16. The van der Waals surface area contributed by atoms with E-state index in [0.29, 0.717) is 17.4 Å². The number of carbonyl (C=O) groups is 1. The summed E-state index contributed by atoms with van der Waals surface area (Å²) >= 11 is 0. The highest BCUT2D eigenvalue weighted by Crippen LogP contribution is 2.15. The molecule has 1 saturated heterocycles. The molecule has 0 radical (unpaired) electrons. The minimum Gasteiger partial charge on any atom is -0.465 e. The normalized spacial score (nSPS) is 15.8. The highest BCUT2D eigenvalue weighted by molar-refractivity contribution is 5.91. The zero-order valence-corrected chi connectivity index (χ0v) is 13.5. The Morgan fingerprint density at radius 3 is 2.92 bits per heavy atom. The molecule has 2 aromatic heterocycles. The largest absolute Gasteiger partial charge is 0.465 e. The molecule has 24 heavy (non-hydrogen) atoms. The summed E-state index contributed by atoms with van der Waals surface area (Å²) in [5, 5.41) is 2.99. The Balaban J connectivity index is 1.51. The van der Waals surface area contributed by atoms with Crippen molar-refractivity contribution in [3.05, 3.63) is 52.3 Å². The molecule has 0 atom stereocenters. The molecule has 0 bridgehead atoms. The Labute approximate surface area is 139 Å². The third kappa shape index (κ3) is 4.13. The number of hydrogen-bond acceptors (Lipinski definition) is 5. The number of furan rings is 1. The molecular weight excluding hydrogens is 308 g/mol. The van der Waals surface area contributed by atoms with Crippen molar-refractivity contribution in [1.82, 2.24) is 15.3 Å². The smallest absolute Gasteiger partial charge is 0.252 e. The Kier molecular flexibility index (Phi) is 4.79. The second-order valence-corrected chi connectivity index (χ2v) is 5.83. The predicted octanol–water partition coefficient (Wildman–Crippen LogP) is 1.47. The van der Waals surface area contributed by atoms with Crippen molar-refractivity contribution in [3.63, 3.8) is 0 Å². The summed E-state index contributed by atoms with van der Waals surface area (Å²) in [4.78, 5) is 32.6. The van der Waals surface area contributed by atoms with Crippen LogP contribution in [0.5, 0.6) is 0 Å². The van der Waals surface area contributed by atoms with Gasteiger partial charge in [-0.15, -0.1) is 0 Å². The van der Waals surface area contributed by atoms with Gasteiger partial charge in [-0.05, 0) is 38.0 Å². The van der Waals surface area contributed by atoms with E-state index < -0.39 is 0 Å².